The van der Waals surface area contributed by atoms with E-state index in [9.17, 15) is 14.3 Å². The van der Waals surface area contributed by atoms with Crippen molar-refractivity contribution in [3.8, 4) is 5.75 Å². The first-order chi connectivity index (χ1) is 8.09. The Morgan fingerprint density at radius 2 is 2.24 bits per heavy atom. The number of rotatable bonds is 5. The van der Waals surface area contributed by atoms with Crippen LogP contribution >= 0.6 is 11.8 Å². The number of halogens is 1. The minimum absolute atomic E-state index is 0.0553. The van der Waals surface area contributed by atoms with E-state index in [0.29, 0.717) is 4.90 Å². The molecule has 0 aromatic heterocycles. The summed E-state index contributed by atoms with van der Waals surface area (Å²) >= 11 is 1.15. The number of nitrogens with two attached hydrogens (primary N) is 1. The lowest BCUT2D eigenvalue weighted by atomic mass is 10.3. The SMILES string of the molecule is NC(=O)OCC=C(F)CSc1ccccc1O. The standard InChI is InChI=1S/C11H12FNO3S/c12-8(5-6-16-11(13)15)7-17-10-4-2-1-3-9(10)14/h1-5,14H,6-7H2,(H2,13,15). The van der Waals surface area contributed by atoms with Gasteiger partial charge < -0.3 is 15.6 Å². The number of ether oxygens (including phenoxy) is 1. The predicted molar refractivity (Wildman–Crippen MR) is 63.6 cm³/mol. The Morgan fingerprint density at radius 1 is 1.53 bits per heavy atom. The van der Waals surface area contributed by atoms with Gasteiger partial charge in [0.15, 0.2) is 0 Å². The molecule has 0 saturated carbocycles. The van der Waals surface area contributed by atoms with Crippen LogP contribution in [0.25, 0.3) is 0 Å². The average molecular weight is 257 g/mol. The molecule has 3 N–H and O–H groups in total. The van der Waals surface area contributed by atoms with E-state index < -0.39 is 11.9 Å². The first-order valence-electron chi connectivity index (χ1n) is 4.77. The lowest BCUT2D eigenvalue weighted by Crippen LogP contribution is -2.12. The van der Waals surface area contributed by atoms with E-state index in [1.807, 2.05) is 0 Å². The molecule has 92 valence electrons. The fraction of sp³-hybridized carbons (Fsp3) is 0.182. The van der Waals surface area contributed by atoms with Crippen molar-refractivity contribution >= 4 is 17.9 Å². The number of carbonyl (C=O) groups is 1. The molecule has 0 bridgehead atoms. The number of para-hydroxylation sites is 1. The predicted octanol–water partition coefficient (Wildman–Crippen LogP) is 2.43. The van der Waals surface area contributed by atoms with Crippen LogP contribution in [0.3, 0.4) is 0 Å². The maximum atomic E-state index is 13.2. The van der Waals surface area contributed by atoms with Gasteiger partial charge in [-0.15, -0.1) is 11.8 Å². The molecule has 0 aliphatic carbocycles. The van der Waals surface area contributed by atoms with E-state index in [4.69, 9.17) is 5.73 Å². The number of hydrogen-bond donors (Lipinski definition) is 2. The highest BCUT2D eigenvalue weighted by Gasteiger charge is 2.02. The fourth-order valence-electron chi connectivity index (χ4n) is 0.999. The first kappa shape index (κ1) is 13.4. The van der Waals surface area contributed by atoms with Gasteiger partial charge in [0.2, 0.25) is 0 Å². The van der Waals surface area contributed by atoms with Gasteiger partial charge in [0.25, 0.3) is 0 Å². The first-order valence-corrected chi connectivity index (χ1v) is 5.75. The van der Waals surface area contributed by atoms with Gasteiger partial charge in [-0.1, -0.05) is 12.1 Å². The van der Waals surface area contributed by atoms with Crippen LogP contribution in [0.1, 0.15) is 0 Å². The molecular formula is C11H12FNO3S. The minimum atomic E-state index is -0.942. The molecule has 17 heavy (non-hydrogen) atoms. The summed E-state index contributed by atoms with van der Waals surface area (Å²) in [5, 5.41) is 9.42. The molecule has 1 aromatic carbocycles. The summed E-state index contributed by atoms with van der Waals surface area (Å²) in [5.41, 5.74) is 4.71. The van der Waals surface area contributed by atoms with E-state index in [2.05, 4.69) is 4.74 Å². The molecule has 4 nitrogen and oxygen atoms in total. The largest absolute Gasteiger partial charge is 0.507 e. The van der Waals surface area contributed by atoms with Crippen LogP contribution in [0.2, 0.25) is 0 Å². The Bertz CT molecular complexity index is 423. The van der Waals surface area contributed by atoms with Crippen LogP contribution in [0.15, 0.2) is 41.1 Å². The number of thioether (sulfide) groups is 1. The molecule has 0 heterocycles. The molecule has 1 rings (SSSR count). The molecule has 6 heteroatoms. The Hall–Kier alpha value is -1.69. The van der Waals surface area contributed by atoms with Crippen molar-refractivity contribution in [2.75, 3.05) is 12.4 Å². The number of aromatic hydroxyl groups is 1. The molecule has 0 unspecified atom stereocenters. The van der Waals surface area contributed by atoms with Crippen molar-refractivity contribution in [3.63, 3.8) is 0 Å². The molecular weight excluding hydrogens is 245 g/mol. The van der Waals surface area contributed by atoms with Crippen LogP contribution < -0.4 is 5.73 Å². The minimum Gasteiger partial charge on any atom is -0.507 e. The van der Waals surface area contributed by atoms with Gasteiger partial charge in [-0.05, 0) is 18.2 Å². The summed E-state index contributed by atoms with van der Waals surface area (Å²) in [6.45, 7) is -0.192. The number of phenolic OH excluding ortho intramolecular Hbond substituents is 1. The third-order valence-corrected chi connectivity index (χ3v) is 2.84. The van der Waals surface area contributed by atoms with Crippen molar-refractivity contribution in [2.45, 2.75) is 4.90 Å². The molecule has 0 fully saturated rings. The Morgan fingerprint density at radius 3 is 2.88 bits per heavy atom. The van der Waals surface area contributed by atoms with Gasteiger partial charge in [-0.3, -0.25) is 0 Å². The van der Waals surface area contributed by atoms with Crippen molar-refractivity contribution in [1.82, 2.24) is 0 Å². The normalized spacial score (nSPS) is 11.2. The zero-order valence-corrected chi connectivity index (χ0v) is 9.74. The smallest absolute Gasteiger partial charge is 0.404 e. The highest BCUT2D eigenvalue weighted by atomic mass is 32.2. The number of carbonyl (C=O) groups excluding carboxylic acids is 1. The zero-order chi connectivity index (χ0) is 12.7. The second-order valence-electron chi connectivity index (χ2n) is 3.04. The Balaban J connectivity index is 2.40. The van der Waals surface area contributed by atoms with Crippen molar-refractivity contribution in [1.29, 1.82) is 0 Å². The van der Waals surface area contributed by atoms with E-state index >= 15 is 0 Å². The molecule has 0 radical (unpaired) electrons. The van der Waals surface area contributed by atoms with Crippen LogP contribution in [0, 0.1) is 0 Å². The molecule has 0 atom stereocenters. The van der Waals surface area contributed by atoms with E-state index in [0.717, 1.165) is 17.8 Å². The van der Waals surface area contributed by atoms with Gasteiger partial charge in [-0.25, -0.2) is 9.18 Å². The van der Waals surface area contributed by atoms with Gasteiger partial charge in [0.1, 0.15) is 18.2 Å². The summed E-state index contributed by atoms with van der Waals surface area (Å²) < 4.78 is 17.5. The van der Waals surface area contributed by atoms with Crippen LogP contribution in [0.4, 0.5) is 9.18 Å². The topological polar surface area (TPSA) is 72.6 Å². The lowest BCUT2D eigenvalue weighted by Gasteiger charge is -2.02. The summed E-state index contributed by atoms with van der Waals surface area (Å²) in [7, 11) is 0. The van der Waals surface area contributed by atoms with Crippen LogP contribution in [-0.2, 0) is 4.74 Å². The molecule has 0 saturated heterocycles. The Kier molecular flexibility index (Phi) is 5.35. The third-order valence-electron chi connectivity index (χ3n) is 1.76. The summed E-state index contributed by atoms with van der Waals surface area (Å²) in [6.07, 6.45) is 0.181. The third kappa shape index (κ3) is 5.26. The summed E-state index contributed by atoms with van der Waals surface area (Å²) in [6, 6.07) is 6.65. The number of benzene rings is 1. The van der Waals surface area contributed by atoms with E-state index in [-0.39, 0.29) is 18.1 Å². The van der Waals surface area contributed by atoms with Crippen molar-refractivity contribution in [2.24, 2.45) is 5.73 Å². The maximum absolute atomic E-state index is 13.2. The van der Waals surface area contributed by atoms with Gasteiger partial charge in [-0.2, -0.15) is 0 Å². The quantitative estimate of drug-likeness (QED) is 0.795. The second kappa shape index (κ2) is 6.80. The molecule has 0 spiro atoms. The van der Waals surface area contributed by atoms with E-state index in [1.54, 1.807) is 18.2 Å². The number of hydrogen-bond acceptors (Lipinski definition) is 4. The number of amides is 1. The summed E-state index contributed by atoms with van der Waals surface area (Å²) in [4.78, 5) is 10.8. The van der Waals surface area contributed by atoms with Crippen LogP contribution in [0.5, 0.6) is 5.75 Å². The molecule has 1 aromatic rings. The zero-order valence-electron chi connectivity index (χ0n) is 8.93. The van der Waals surface area contributed by atoms with Crippen LogP contribution in [-0.4, -0.2) is 23.6 Å². The highest BCUT2D eigenvalue weighted by molar-refractivity contribution is 7.99. The average Bonchev–Trinajstić information content (AvgIpc) is 2.27. The van der Waals surface area contributed by atoms with E-state index in [1.165, 1.54) is 6.07 Å². The molecule has 1 amide bonds. The number of primary amides is 1. The van der Waals surface area contributed by atoms with Gasteiger partial charge in [0.05, 0.1) is 5.75 Å². The fourth-order valence-corrected chi connectivity index (χ4v) is 1.80. The summed E-state index contributed by atoms with van der Waals surface area (Å²) in [5.74, 6) is -0.280. The second-order valence-corrected chi connectivity index (χ2v) is 4.05. The maximum Gasteiger partial charge on any atom is 0.404 e. The number of phenols is 1. The molecule has 0 aliphatic rings. The monoisotopic (exact) mass is 257 g/mol. The highest BCUT2D eigenvalue weighted by Crippen LogP contribution is 2.29. The van der Waals surface area contributed by atoms with Crippen molar-refractivity contribution < 1.29 is 19.0 Å². The lowest BCUT2D eigenvalue weighted by molar-refractivity contribution is 0.169. The molecule has 0 aliphatic heterocycles. The van der Waals surface area contributed by atoms with Gasteiger partial charge in [0, 0.05) is 4.90 Å². The van der Waals surface area contributed by atoms with Gasteiger partial charge >= 0.3 is 6.09 Å². The van der Waals surface area contributed by atoms with Crippen molar-refractivity contribution in [3.05, 3.63) is 36.2 Å². The Labute approximate surface area is 102 Å².